The zero-order valence-corrected chi connectivity index (χ0v) is 9.96. The van der Waals surface area contributed by atoms with E-state index >= 15 is 0 Å². The smallest absolute Gasteiger partial charge is 0.0124 e. The van der Waals surface area contributed by atoms with Gasteiger partial charge in [0.2, 0.25) is 0 Å². The van der Waals surface area contributed by atoms with Crippen molar-refractivity contribution in [3.63, 3.8) is 0 Å². The second-order valence-corrected chi connectivity index (χ2v) is 5.29. The molecule has 2 aliphatic rings. The van der Waals surface area contributed by atoms with Crippen LogP contribution in [0.1, 0.15) is 51.4 Å². The zero-order chi connectivity index (χ0) is 10.5. The van der Waals surface area contributed by atoms with E-state index in [4.69, 9.17) is 5.73 Å². The van der Waals surface area contributed by atoms with Gasteiger partial charge < -0.3 is 10.6 Å². The van der Waals surface area contributed by atoms with E-state index < -0.39 is 0 Å². The fourth-order valence-corrected chi connectivity index (χ4v) is 3.47. The molecule has 2 heteroatoms. The Labute approximate surface area is 94.2 Å². The van der Waals surface area contributed by atoms with Gasteiger partial charge in [-0.1, -0.05) is 19.3 Å². The average Bonchev–Trinajstić information content (AvgIpc) is 2.31. The fraction of sp³-hybridized carbons (Fsp3) is 1.00. The summed E-state index contributed by atoms with van der Waals surface area (Å²) in [6, 6.07) is 0.877. The van der Waals surface area contributed by atoms with E-state index in [0.717, 1.165) is 18.5 Å². The van der Waals surface area contributed by atoms with Crippen LogP contribution in [-0.4, -0.2) is 30.6 Å². The van der Waals surface area contributed by atoms with Crippen LogP contribution in [0.3, 0.4) is 0 Å². The van der Waals surface area contributed by atoms with Gasteiger partial charge in [0.05, 0.1) is 0 Å². The lowest BCUT2D eigenvalue weighted by atomic mass is 9.81. The predicted molar refractivity (Wildman–Crippen MR) is 64.8 cm³/mol. The van der Waals surface area contributed by atoms with Gasteiger partial charge in [-0.25, -0.2) is 0 Å². The number of nitrogens with two attached hydrogens (primary N) is 1. The molecule has 15 heavy (non-hydrogen) atoms. The van der Waals surface area contributed by atoms with Crippen molar-refractivity contribution < 1.29 is 0 Å². The molecular formula is C13H26N2. The molecule has 0 spiro atoms. The molecule has 2 nitrogen and oxygen atoms in total. The van der Waals surface area contributed by atoms with Crippen LogP contribution in [0.15, 0.2) is 0 Å². The van der Waals surface area contributed by atoms with E-state index in [1.807, 2.05) is 0 Å². The summed E-state index contributed by atoms with van der Waals surface area (Å²) in [5.74, 6) is 0.904. The molecule has 0 radical (unpaired) electrons. The first-order chi connectivity index (χ1) is 7.42. The molecule has 0 aromatic carbocycles. The molecule has 0 amide bonds. The van der Waals surface area contributed by atoms with Gasteiger partial charge in [-0.3, -0.25) is 0 Å². The summed E-state index contributed by atoms with van der Waals surface area (Å²) in [5.41, 5.74) is 5.73. The van der Waals surface area contributed by atoms with Gasteiger partial charge in [-0.15, -0.1) is 0 Å². The van der Waals surface area contributed by atoms with Gasteiger partial charge >= 0.3 is 0 Å². The lowest BCUT2D eigenvalue weighted by Gasteiger charge is -2.42. The quantitative estimate of drug-likeness (QED) is 0.775. The highest BCUT2D eigenvalue weighted by Crippen LogP contribution is 2.31. The van der Waals surface area contributed by atoms with E-state index in [-0.39, 0.29) is 0 Å². The van der Waals surface area contributed by atoms with Crippen molar-refractivity contribution in [2.45, 2.75) is 57.4 Å². The maximum atomic E-state index is 5.73. The van der Waals surface area contributed by atoms with Crippen LogP contribution >= 0.6 is 0 Å². The van der Waals surface area contributed by atoms with Crippen LogP contribution in [-0.2, 0) is 0 Å². The van der Waals surface area contributed by atoms with Crippen molar-refractivity contribution in [3.05, 3.63) is 0 Å². The van der Waals surface area contributed by atoms with Gasteiger partial charge in [-0.2, -0.15) is 0 Å². The number of hydrogen-bond acceptors (Lipinski definition) is 2. The highest BCUT2D eigenvalue weighted by atomic mass is 15.2. The third-order valence-corrected chi connectivity index (χ3v) is 4.27. The highest BCUT2D eigenvalue weighted by Gasteiger charge is 2.29. The number of hydrogen-bond donors (Lipinski definition) is 1. The lowest BCUT2D eigenvalue weighted by Crippen LogP contribution is -2.45. The number of piperidine rings is 1. The minimum absolute atomic E-state index is 0.877. The highest BCUT2D eigenvalue weighted by molar-refractivity contribution is 4.84. The lowest BCUT2D eigenvalue weighted by molar-refractivity contribution is 0.0817. The molecule has 2 fully saturated rings. The molecule has 2 atom stereocenters. The number of rotatable bonds is 3. The Kier molecular flexibility index (Phi) is 4.45. The summed E-state index contributed by atoms with van der Waals surface area (Å²) in [6.07, 6.45) is 11.3. The first-order valence-electron chi connectivity index (χ1n) is 6.86. The second-order valence-electron chi connectivity index (χ2n) is 5.29. The first-order valence-corrected chi connectivity index (χ1v) is 6.86. The van der Waals surface area contributed by atoms with Crippen LogP contribution in [0.2, 0.25) is 0 Å². The topological polar surface area (TPSA) is 29.3 Å². The Bertz CT molecular complexity index is 163. The zero-order valence-electron chi connectivity index (χ0n) is 9.96. The summed E-state index contributed by atoms with van der Waals surface area (Å²) < 4.78 is 0. The second kappa shape index (κ2) is 5.86. The predicted octanol–water partition coefficient (Wildman–Crippen LogP) is 2.38. The molecule has 2 unspecified atom stereocenters. The Morgan fingerprint density at radius 2 is 1.67 bits per heavy atom. The molecule has 2 rings (SSSR count). The Morgan fingerprint density at radius 3 is 2.40 bits per heavy atom. The normalized spacial score (nSPS) is 34.2. The molecule has 2 N–H and O–H groups in total. The van der Waals surface area contributed by atoms with Gasteiger partial charge in [-0.05, 0) is 57.7 Å². The van der Waals surface area contributed by atoms with Gasteiger partial charge in [0.25, 0.3) is 0 Å². The van der Waals surface area contributed by atoms with Crippen LogP contribution in [0.4, 0.5) is 0 Å². The van der Waals surface area contributed by atoms with E-state index in [1.54, 1.807) is 0 Å². The minimum atomic E-state index is 0.877. The third kappa shape index (κ3) is 2.94. The van der Waals surface area contributed by atoms with Crippen molar-refractivity contribution in [3.8, 4) is 0 Å². The minimum Gasteiger partial charge on any atom is -0.330 e. The van der Waals surface area contributed by atoms with Crippen LogP contribution in [0.5, 0.6) is 0 Å². The first kappa shape index (κ1) is 11.4. The SMILES string of the molecule is NCCC1CCCCC1N1CCCCC1. The standard InChI is InChI=1S/C13H26N2/c14-9-8-12-6-2-3-7-13(12)15-10-4-1-5-11-15/h12-13H,1-11,14H2. The molecule has 0 bridgehead atoms. The van der Waals surface area contributed by atoms with Crippen LogP contribution < -0.4 is 5.73 Å². The molecule has 1 aliphatic carbocycles. The van der Waals surface area contributed by atoms with Crippen molar-refractivity contribution in [2.75, 3.05) is 19.6 Å². The number of nitrogens with zero attached hydrogens (tertiary/aromatic N) is 1. The third-order valence-electron chi connectivity index (χ3n) is 4.27. The summed E-state index contributed by atoms with van der Waals surface area (Å²) in [7, 11) is 0. The molecule has 1 saturated heterocycles. The van der Waals surface area contributed by atoms with E-state index in [9.17, 15) is 0 Å². The monoisotopic (exact) mass is 210 g/mol. The van der Waals surface area contributed by atoms with Crippen LogP contribution in [0.25, 0.3) is 0 Å². The Morgan fingerprint density at radius 1 is 0.933 bits per heavy atom. The molecule has 1 heterocycles. The molecule has 88 valence electrons. The Hall–Kier alpha value is -0.0800. The van der Waals surface area contributed by atoms with Crippen molar-refractivity contribution in [1.82, 2.24) is 4.90 Å². The number of likely N-dealkylation sites (tertiary alicyclic amines) is 1. The van der Waals surface area contributed by atoms with Gasteiger partial charge in [0, 0.05) is 6.04 Å². The van der Waals surface area contributed by atoms with E-state index in [0.29, 0.717) is 0 Å². The van der Waals surface area contributed by atoms with Crippen LogP contribution in [0, 0.1) is 5.92 Å². The maximum absolute atomic E-state index is 5.73. The van der Waals surface area contributed by atoms with E-state index in [2.05, 4.69) is 4.90 Å². The summed E-state index contributed by atoms with van der Waals surface area (Å²) in [6.45, 7) is 3.59. The van der Waals surface area contributed by atoms with Gasteiger partial charge in [0.15, 0.2) is 0 Å². The molecule has 1 aliphatic heterocycles. The van der Waals surface area contributed by atoms with E-state index in [1.165, 1.54) is 64.5 Å². The molecule has 0 aromatic rings. The van der Waals surface area contributed by atoms with Crippen molar-refractivity contribution in [2.24, 2.45) is 11.7 Å². The summed E-state index contributed by atoms with van der Waals surface area (Å²) in [5, 5.41) is 0. The summed E-state index contributed by atoms with van der Waals surface area (Å²) >= 11 is 0. The van der Waals surface area contributed by atoms with Crippen molar-refractivity contribution >= 4 is 0 Å². The van der Waals surface area contributed by atoms with Gasteiger partial charge in [0.1, 0.15) is 0 Å². The van der Waals surface area contributed by atoms with Crippen molar-refractivity contribution in [1.29, 1.82) is 0 Å². The summed E-state index contributed by atoms with van der Waals surface area (Å²) in [4.78, 5) is 2.77. The molecular weight excluding hydrogens is 184 g/mol. The maximum Gasteiger partial charge on any atom is 0.0124 e. The fourth-order valence-electron chi connectivity index (χ4n) is 3.47. The molecule has 1 saturated carbocycles. The Balaban J connectivity index is 1.90. The largest absolute Gasteiger partial charge is 0.330 e. The molecule has 0 aromatic heterocycles. The average molecular weight is 210 g/mol.